The van der Waals surface area contributed by atoms with Crippen LogP contribution in [0.25, 0.3) is 83.4 Å². The molecule has 0 fully saturated rings. The molecule has 0 atom stereocenters. The van der Waals surface area contributed by atoms with Crippen LogP contribution in [0.2, 0.25) is 0 Å². The second-order valence-electron chi connectivity index (χ2n) is 10.2. The fraction of sp³-hybridized carbons (Fsp3) is 0. The molecule has 0 amide bonds. The molecule has 0 aliphatic rings. The van der Waals surface area contributed by atoms with E-state index in [0.717, 1.165) is 65.8 Å². The minimum atomic E-state index is 0.522. The van der Waals surface area contributed by atoms with Crippen LogP contribution in [0.15, 0.2) is 126 Å². The summed E-state index contributed by atoms with van der Waals surface area (Å²) in [4.78, 5) is 23.8. The van der Waals surface area contributed by atoms with Gasteiger partial charge in [-0.3, -0.25) is 4.57 Å². The molecule has 0 radical (unpaired) electrons. The number of hydrogen-bond acceptors (Lipinski definition) is 6. The van der Waals surface area contributed by atoms with Gasteiger partial charge in [0.15, 0.2) is 22.8 Å². The first-order valence-corrected chi connectivity index (χ1v) is 13.7. The lowest BCUT2D eigenvalue weighted by Gasteiger charge is -2.11. The first-order chi connectivity index (χ1) is 20.8. The number of aromatic nitrogens is 6. The number of furan rings is 1. The van der Waals surface area contributed by atoms with Gasteiger partial charge in [0.1, 0.15) is 17.4 Å². The van der Waals surface area contributed by atoms with E-state index in [1.807, 2.05) is 79.0 Å². The van der Waals surface area contributed by atoms with E-state index in [0.29, 0.717) is 17.6 Å². The van der Waals surface area contributed by atoms with Crippen LogP contribution in [-0.2, 0) is 0 Å². The standard InChI is InChI=1S/C35H20N6O/c1-3-9-21(10-4-1)33-38-34(22-11-5-2-6-12-22)40-35(39-33)41-28-14-8-7-13-24(28)25-17-18-27-26-16-15-23-19-36-20-37-29(23)31(26)42-32(27)30(25)41/h1-20H. The van der Waals surface area contributed by atoms with Crippen LogP contribution in [0.4, 0.5) is 0 Å². The number of benzene rings is 5. The van der Waals surface area contributed by atoms with Crippen LogP contribution >= 0.6 is 0 Å². The Labute approximate surface area is 238 Å². The van der Waals surface area contributed by atoms with E-state index in [2.05, 4.69) is 50.9 Å². The second kappa shape index (κ2) is 8.78. The Hall–Kier alpha value is -5.95. The van der Waals surface area contributed by atoms with Gasteiger partial charge < -0.3 is 4.42 Å². The monoisotopic (exact) mass is 540 g/mol. The summed E-state index contributed by atoms with van der Waals surface area (Å²) >= 11 is 0. The number of fused-ring (bicyclic) bond motifs is 9. The van der Waals surface area contributed by atoms with E-state index < -0.39 is 0 Å². The minimum Gasteiger partial charge on any atom is -0.452 e. The Balaban J connectivity index is 1.44. The molecule has 0 saturated carbocycles. The molecule has 0 aliphatic carbocycles. The highest BCUT2D eigenvalue weighted by Gasteiger charge is 2.22. The molecular formula is C35H20N6O. The molecule has 9 rings (SSSR count). The van der Waals surface area contributed by atoms with Gasteiger partial charge in [0, 0.05) is 44.3 Å². The summed E-state index contributed by atoms with van der Waals surface area (Å²) in [5, 5.41) is 5.07. The summed E-state index contributed by atoms with van der Waals surface area (Å²) in [6.07, 6.45) is 3.37. The molecule has 7 nitrogen and oxygen atoms in total. The van der Waals surface area contributed by atoms with E-state index in [-0.39, 0.29) is 0 Å². The molecule has 7 heteroatoms. The molecule has 4 heterocycles. The lowest BCUT2D eigenvalue weighted by molar-refractivity contribution is 0.673. The van der Waals surface area contributed by atoms with Crippen LogP contribution in [0.5, 0.6) is 0 Å². The van der Waals surface area contributed by atoms with Crippen molar-refractivity contribution in [3.63, 3.8) is 0 Å². The largest absolute Gasteiger partial charge is 0.452 e. The van der Waals surface area contributed by atoms with E-state index in [1.54, 1.807) is 6.33 Å². The Morgan fingerprint density at radius 2 is 1.19 bits per heavy atom. The minimum absolute atomic E-state index is 0.522. The zero-order chi connectivity index (χ0) is 27.6. The van der Waals surface area contributed by atoms with Gasteiger partial charge >= 0.3 is 0 Å². The molecule has 0 unspecified atom stereocenters. The topological polar surface area (TPSA) is 82.5 Å². The summed E-state index contributed by atoms with van der Waals surface area (Å²) in [7, 11) is 0. The highest BCUT2D eigenvalue weighted by Crippen LogP contribution is 2.41. The van der Waals surface area contributed by atoms with Crippen LogP contribution in [0.1, 0.15) is 0 Å². The van der Waals surface area contributed by atoms with Crippen molar-refractivity contribution in [2.45, 2.75) is 0 Å². The SMILES string of the molecule is c1ccc(-c2nc(-c3ccccc3)nc(-n3c4ccccc4c4ccc5c6ccc7cncnc7c6oc5c43)n2)cc1. The third-order valence-corrected chi connectivity index (χ3v) is 7.80. The Morgan fingerprint density at radius 1 is 0.548 bits per heavy atom. The molecule has 42 heavy (non-hydrogen) atoms. The highest BCUT2D eigenvalue weighted by molar-refractivity contribution is 6.23. The van der Waals surface area contributed by atoms with E-state index in [1.165, 1.54) is 0 Å². The van der Waals surface area contributed by atoms with Gasteiger partial charge in [0.25, 0.3) is 0 Å². The summed E-state index contributed by atoms with van der Waals surface area (Å²) in [5.74, 6) is 1.73. The molecule has 0 aliphatic heterocycles. The number of para-hydroxylation sites is 1. The zero-order valence-electron chi connectivity index (χ0n) is 22.1. The highest BCUT2D eigenvalue weighted by atomic mass is 16.3. The van der Waals surface area contributed by atoms with Crippen molar-refractivity contribution < 1.29 is 4.42 Å². The fourth-order valence-corrected chi connectivity index (χ4v) is 5.89. The predicted molar refractivity (Wildman–Crippen MR) is 165 cm³/mol. The van der Waals surface area contributed by atoms with Crippen molar-refractivity contribution in [2.75, 3.05) is 0 Å². The Kier molecular flexibility index (Phi) is 4.77. The van der Waals surface area contributed by atoms with Crippen molar-refractivity contribution in [3.05, 3.63) is 122 Å². The normalized spacial score (nSPS) is 11.8. The summed E-state index contributed by atoms with van der Waals surface area (Å²) in [6, 6.07) is 36.7. The number of nitrogens with zero attached hydrogens (tertiary/aromatic N) is 6. The molecule has 9 aromatic rings. The van der Waals surface area contributed by atoms with Crippen molar-refractivity contribution >= 4 is 54.6 Å². The molecule has 5 aromatic carbocycles. The maximum atomic E-state index is 6.72. The van der Waals surface area contributed by atoms with Gasteiger partial charge in [-0.1, -0.05) is 91.0 Å². The first-order valence-electron chi connectivity index (χ1n) is 13.7. The summed E-state index contributed by atoms with van der Waals surface area (Å²) in [6.45, 7) is 0. The molecule has 196 valence electrons. The zero-order valence-corrected chi connectivity index (χ0v) is 22.1. The fourth-order valence-electron chi connectivity index (χ4n) is 5.89. The van der Waals surface area contributed by atoms with Gasteiger partial charge in [-0.15, -0.1) is 0 Å². The smallest absolute Gasteiger partial charge is 0.238 e. The van der Waals surface area contributed by atoms with Gasteiger partial charge in [-0.25, -0.2) is 15.0 Å². The van der Waals surface area contributed by atoms with Gasteiger partial charge in [0.05, 0.1) is 5.52 Å². The summed E-state index contributed by atoms with van der Waals surface area (Å²) < 4.78 is 8.82. The van der Waals surface area contributed by atoms with E-state index in [4.69, 9.17) is 19.4 Å². The predicted octanol–water partition coefficient (Wildman–Crippen LogP) is 8.15. The van der Waals surface area contributed by atoms with Crippen molar-refractivity contribution in [3.8, 4) is 28.7 Å². The van der Waals surface area contributed by atoms with Crippen molar-refractivity contribution in [2.24, 2.45) is 0 Å². The number of rotatable bonds is 3. The average molecular weight is 541 g/mol. The molecule has 0 spiro atoms. The Bertz CT molecular complexity index is 2410. The first kappa shape index (κ1) is 22.8. The lowest BCUT2D eigenvalue weighted by atomic mass is 10.1. The lowest BCUT2D eigenvalue weighted by Crippen LogP contribution is -2.06. The molecule has 4 aromatic heterocycles. The summed E-state index contributed by atoms with van der Waals surface area (Å²) in [5.41, 5.74) is 5.99. The van der Waals surface area contributed by atoms with Crippen molar-refractivity contribution in [1.82, 2.24) is 29.5 Å². The van der Waals surface area contributed by atoms with E-state index >= 15 is 0 Å². The average Bonchev–Trinajstić information content (AvgIpc) is 3.62. The van der Waals surface area contributed by atoms with E-state index in [9.17, 15) is 0 Å². The maximum absolute atomic E-state index is 6.72. The third-order valence-electron chi connectivity index (χ3n) is 7.80. The van der Waals surface area contributed by atoms with Crippen LogP contribution in [0.3, 0.4) is 0 Å². The third kappa shape index (κ3) is 3.31. The van der Waals surface area contributed by atoms with Crippen LogP contribution in [0, 0.1) is 0 Å². The second-order valence-corrected chi connectivity index (χ2v) is 10.2. The van der Waals surface area contributed by atoms with Gasteiger partial charge in [-0.2, -0.15) is 9.97 Å². The van der Waals surface area contributed by atoms with Gasteiger partial charge in [-0.05, 0) is 18.2 Å². The number of hydrogen-bond donors (Lipinski definition) is 0. The van der Waals surface area contributed by atoms with Crippen LogP contribution < -0.4 is 0 Å². The molecule has 0 N–H and O–H groups in total. The molecule has 0 saturated heterocycles. The quantitative estimate of drug-likeness (QED) is 0.225. The Morgan fingerprint density at radius 3 is 1.95 bits per heavy atom. The van der Waals surface area contributed by atoms with Crippen molar-refractivity contribution in [1.29, 1.82) is 0 Å². The molecule has 0 bridgehead atoms. The van der Waals surface area contributed by atoms with Crippen LogP contribution in [-0.4, -0.2) is 29.5 Å². The van der Waals surface area contributed by atoms with Gasteiger partial charge in [0.2, 0.25) is 5.95 Å². The maximum Gasteiger partial charge on any atom is 0.238 e. The molecular weight excluding hydrogens is 520 g/mol.